The number of ether oxygens (including phenoxy) is 3. The van der Waals surface area contributed by atoms with Crippen LogP contribution in [0, 0.1) is 0 Å². The molecule has 79 heavy (non-hydrogen) atoms. The Morgan fingerprint density at radius 1 is 0.519 bits per heavy atom. The van der Waals surface area contributed by atoms with Gasteiger partial charge in [0.1, 0.15) is 24.4 Å². The number of carbonyl (C=O) groups is 2. The van der Waals surface area contributed by atoms with Gasteiger partial charge < -0.3 is 45.1 Å². The number of aliphatic hydroxyl groups excluding tert-OH is 5. The van der Waals surface area contributed by atoms with Crippen molar-refractivity contribution < 1.29 is 49.3 Å². The molecule has 448 valence electrons. The Kier molecular flexibility index (Phi) is 50.1. The van der Waals surface area contributed by atoms with E-state index in [0.29, 0.717) is 19.3 Å². The average molecular weight is 1100 g/mol. The van der Waals surface area contributed by atoms with Crippen molar-refractivity contribution in [2.24, 2.45) is 0 Å². The summed E-state index contributed by atoms with van der Waals surface area (Å²) in [5.41, 5.74) is 0. The number of aliphatic hydroxyl groups is 5. The second-order valence-electron chi connectivity index (χ2n) is 20.8. The van der Waals surface area contributed by atoms with Crippen molar-refractivity contribution in [1.29, 1.82) is 0 Å². The molecule has 1 aliphatic heterocycles. The second kappa shape index (κ2) is 54.4. The van der Waals surface area contributed by atoms with Gasteiger partial charge in [-0.3, -0.25) is 9.59 Å². The molecule has 8 unspecified atom stereocenters. The molecule has 11 heteroatoms. The molecule has 6 N–H and O–H groups in total. The van der Waals surface area contributed by atoms with Gasteiger partial charge in [-0.05, 0) is 83.5 Å². The zero-order valence-electron chi connectivity index (χ0n) is 49.4. The number of unbranched alkanes of at least 4 members (excludes halogenated alkanes) is 20. The van der Waals surface area contributed by atoms with E-state index < -0.39 is 67.4 Å². The molecule has 0 spiro atoms. The Hall–Kier alpha value is -4.20. The van der Waals surface area contributed by atoms with Gasteiger partial charge in [0.2, 0.25) is 5.91 Å². The van der Waals surface area contributed by atoms with E-state index in [-0.39, 0.29) is 19.4 Å². The maximum Gasteiger partial charge on any atom is 0.306 e. The van der Waals surface area contributed by atoms with Gasteiger partial charge in [0, 0.05) is 6.42 Å². The van der Waals surface area contributed by atoms with Gasteiger partial charge in [0.15, 0.2) is 12.4 Å². The van der Waals surface area contributed by atoms with Gasteiger partial charge in [-0.2, -0.15) is 0 Å². The summed E-state index contributed by atoms with van der Waals surface area (Å²) in [7, 11) is 0. The van der Waals surface area contributed by atoms with Crippen molar-refractivity contribution in [2.75, 3.05) is 13.2 Å². The highest BCUT2D eigenvalue weighted by molar-refractivity contribution is 5.80. The number of carbonyl (C=O) groups excluding carboxylic acids is 2. The Morgan fingerprint density at radius 3 is 1.51 bits per heavy atom. The molecule has 1 saturated heterocycles. The molecule has 0 radical (unpaired) electrons. The van der Waals surface area contributed by atoms with Crippen molar-refractivity contribution in [3.63, 3.8) is 0 Å². The summed E-state index contributed by atoms with van der Waals surface area (Å²) in [5.74, 6) is -1.29. The Balaban J connectivity index is 2.69. The summed E-state index contributed by atoms with van der Waals surface area (Å²) in [6, 6.07) is -1.05. The maximum atomic E-state index is 13.4. The summed E-state index contributed by atoms with van der Waals surface area (Å²) in [6.07, 6.45) is 66.4. The molecule has 1 rings (SSSR count). The van der Waals surface area contributed by atoms with Crippen molar-refractivity contribution in [3.8, 4) is 0 Å². The van der Waals surface area contributed by atoms with E-state index in [1.807, 2.05) is 60.8 Å². The predicted octanol–water partition coefficient (Wildman–Crippen LogP) is 14.8. The fourth-order valence-corrected chi connectivity index (χ4v) is 8.82. The van der Waals surface area contributed by atoms with Gasteiger partial charge in [0.05, 0.1) is 25.4 Å². The first kappa shape index (κ1) is 72.8. The van der Waals surface area contributed by atoms with Crippen molar-refractivity contribution in [3.05, 3.63) is 134 Å². The van der Waals surface area contributed by atoms with Crippen LogP contribution in [0.15, 0.2) is 134 Å². The van der Waals surface area contributed by atoms with Gasteiger partial charge in [-0.15, -0.1) is 0 Å². The van der Waals surface area contributed by atoms with Crippen LogP contribution in [0.2, 0.25) is 0 Å². The molecule has 1 aliphatic rings. The molecule has 1 heterocycles. The first-order valence-electron chi connectivity index (χ1n) is 31.0. The number of esters is 1. The molecule has 0 aliphatic carbocycles. The highest BCUT2D eigenvalue weighted by Gasteiger charge is 2.47. The first-order chi connectivity index (χ1) is 38.7. The Morgan fingerprint density at radius 2 is 0.975 bits per heavy atom. The summed E-state index contributed by atoms with van der Waals surface area (Å²) in [4.78, 5) is 26.5. The normalized spacial score (nSPS) is 19.8. The molecule has 0 bridgehead atoms. The van der Waals surface area contributed by atoms with Crippen LogP contribution in [0.1, 0.15) is 220 Å². The fourth-order valence-electron chi connectivity index (χ4n) is 8.82. The first-order valence-corrected chi connectivity index (χ1v) is 31.0. The van der Waals surface area contributed by atoms with Gasteiger partial charge in [-0.1, -0.05) is 264 Å². The van der Waals surface area contributed by atoms with E-state index in [9.17, 15) is 35.1 Å². The summed E-state index contributed by atoms with van der Waals surface area (Å²) in [5, 5.41) is 56.9. The fraction of sp³-hybridized carbons (Fsp3) is 0.647. The topological polar surface area (TPSA) is 175 Å². The standard InChI is InChI=1S/C68H111NO10/c1-4-7-10-13-16-19-22-25-26-27-28-29-30-31-32-33-34-35-38-40-43-46-49-52-55-61(72)67(76)69-59(60(71)54-51-48-45-42-39-36-23-20-17-14-11-8-5-2)58-77-68-66(65(75)64(74)62(57-70)78-68)79-63(73)56-53-50-47-44-41-37-24-21-18-15-12-9-6-3/h7,9-10,12,15-16,18-19,21,24-26,28-29,31-32,37,41,44,47,51,54,59-62,64-66,68,70-72,74-75H,4-6,8,11,13-14,17,20,22-23,27,30,33-36,38-40,42-43,45-46,48-50,52-53,55-58H2,1-3H3,(H,69,76)/b10-7-,12-9+,18-15+,19-16-,24-21-,26-25-,29-28-,32-31-,41-37-,47-44+,54-51+. The number of allylic oxidation sites excluding steroid dienone is 21. The predicted molar refractivity (Wildman–Crippen MR) is 328 cm³/mol. The van der Waals surface area contributed by atoms with Crippen molar-refractivity contribution >= 4 is 11.9 Å². The SMILES string of the molecule is CC/C=C\C/C=C\C/C=C\C/C=C\C/C=C\CCCCCCCCCCC(O)C(=O)NC(COC1OC(CO)C(O)C(O)C1OC(=O)CCC/C=C/C=C\C=C/C=C/C=C/CC)C(O)/C=C/CCCCCCCCCCCCC. The highest BCUT2D eigenvalue weighted by atomic mass is 16.7. The largest absolute Gasteiger partial charge is 0.454 e. The lowest BCUT2D eigenvalue weighted by Crippen LogP contribution is -2.61. The van der Waals surface area contributed by atoms with E-state index >= 15 is 0 Å². The third-order valence-corrected chi connectivity index (χ3v) is 13.7. The van der Waals surface area contributed by atoms with E-state index in [1.54, 1.807) is 6.08 Å². The highest BCUT2D eigenvalue weighted by Crippen LogP contribution is 2.26. The minimum atomic E-state index is -1.65. The van der Waals surface area contributed by atoms with Crippen LogP contribution < -0.4 is 5.32 Å². The quantitative estimate of drug-likeness (QED) is 0.0149. The lowest BCUT2D eigenvalue weighted by molar-refractivity contribution is -0.305. The van der Waals surface area contributed by atoms with Crippen molar-refractivity contribution in [1.82, 2.24) is 5.32 Å². The lowest BCUT2D eigenvalue weighted by atomic mass is 9.99. The number of nitrogens with one attached hydrogen (secondary N) is 1. The molecule has 0 saturated carbocycles. The van der Waals surface area contributed by atoms with Crippen LogP contribution in [0.3, 0.4) is 0 Å². The third-order valence-electron chi connectivity index (χ3n) is 13.7. The molecule has 1 fully saturated rings. The summed E-state index contributed by atoms with van der Waals surface area (Å²) >= 11 is 0. The minimum absolute atomic E-state index is 0.0195. The van der Waals surface area contributed by atoms with E-state index in [1.165, 1.54) is 70.6 Å². The summed E-state index contributed by atoms with van der Waals surface area (Å²) in [6.45, 7) is 5.47. The zero-order valence-corrected chi connectivity index (χ0v) is 49.4. The maximum absolute atomic E-state index is 13.4. The molecule has 11 nitrogen and oxygen atoms in total. The van der Waals surface area contributed by atoms with Crippen molar-refractivity contribution in [2.45, 2.75) is 269 Å². The van der Waals surface area contributed by atoms with Crippen LogP contribution in [0.5, 0.6) is 0 Å². The molecular formula is C68H111NO10. The second-order valence-corrected chi connectivity index (χ2v) is 20.8. The third kappa shape index (κ3) is 42.3. The van der Waals surface area contributed by atoms with Crippen LogP contribution in [0.25, 0.3) is 0 Å². The van der Waals surface area contributed by atoms with Gasteiger partial charge in [0.25, 0.3) is 0 Å². The molecule has 0 aromatic carbocycles. The van der Waals surface area contributed by atoms with E-state index in [0.717, 1.165) is 96.3 Å². The Labute approximate surface area is 480 Å². The van der Waals surface area contributed by atoms with Crippen LogP contribution >= 0.6 is 0 Å². The van der Waals surface area contributed by atoms with Gasteiger partial charge >= 0.3 is 5.97 Å². The van der Waals surface area contributed by atoms with Crippen LogP contribution in [-0.4, -0.2) is 99.6 Å². The number of rotatable bonds is 50. The smallest absolute Gasteiger partial charge is 0.306 e. The molecule has 0 aromatic heterocycles. The van der Waals surface area contributed by atoms with Crippen LogP contribution in [0.4, 0.5) is 0 Å². The van der Waals surface area contributed by atoms with Gasteiger partial charge in [-0.25, -0.2) is 0 Å². The zero-order chi connectivity index (χ0) is 57.5. The van der Waals surface area contributed by atoms with E-state index in [4.69, 9.17) is 14.2 Å². The molecule has 1 amide bonds. The average Bonchev–Trinajstić information content (AvgIpc) is 3.48. The number of amides is 1. The number of hydrogen-bond donors (Lipinski definition) is 6. The molecule has 8 atom stereocenters. The number of hydrogen-bond acceptors (Lipinski definition) is 10. The lowest BCUT2D eigenvalue weighted by Gasteiger charge is -2.41. The Bertz CT molecular complexity index is 1790. The minimum Gasteiger partial charge on any atom is -0.454 e. The molecule has 0 aromatic rings. The van der Waals surface area contributed by atoms with E-state index in [2.05, 4.69) is 92.9 Å². The van der Waals surface area contributed by atoms with Crippen LogP contribution in [-0.2, 0) is 23.8 Å². The summed E-state index contributed by atoms with van der Waals surface area (Å²) < 4.78 is 17.5. The monoisotopic (exact) mass is 1100 g/mol. The molecular weight excluding hydrogens is 991 g/mol.